The van der Waals surface area contributed by atoms with Crippen LogP contribution in [0, 0.1) is 18.3 Å². The molecule has 1 aromatic carbocycles. The first-order valence-electron chi connectivity index (χ1n) is 10.6. The van der Waals surface area contributed by atoms with Crippen molar-refractivity contribution in [2.75, 3.05) is 11.1 Å². The summed E-state index contributed by atoms with van der Waals surface area (Å²) in [7, 11) is 0. The van der Waals surface area contributed by atoms with Crippen LogP contribution in [0.25, 0.3) is 22.0 Å². The minimum absolute atomic E-state index is 0.0553. The molecule has 0 amide bonds. The van der Waals surface area contributed by atoms with E-state index in [1.165, 1.54) is 6.20 Å². The monoisotopic (exact) mass is 439 g/mol. The number of nitrogens with two attached hydrogens (primary N) is 1. The van der Waals surface area contributed by atoms with E-state index in [2.05, 4.69) is 31.3 Å². The lowest BCUT2D eigenvalue weighted by Crippen LogP contribution is -2.28. The molecule has 0 aliphatic heterocycles. The van der Waals surface area contributed by atoms with Gasteiger partial charge in [-0.2, -0.15) is 10.2 Å². The van der Waals surface area contributed by atoms with Crippen LogP contribution in [0.4, 0.5) is 11.8 Å². The van der Waals surface area contributed by atoms with Crippen molar-refractivity contribution in [1.29, 1.82) is 5.26 Å². The number of aromatic nitrogens is 6. The highest BCUT2D eigenvalue weighted by atomic mass is 16.1. The predicted molar refractivity (Wildman–Crippen MR) is 123 cm³/mol. The van der Waals surface area contributed by atoms with Crippen LogP contribution in [0.2, 0.25) is 0 Å². The van der Waals surface area contributed by atoms with Gasteiger partial charge in [0, 0.05) is 24.0 Å². The SMILES string of the molecule is Cc1ncc(-c2cccc3nc([C@@H](C)Nc4nc(N)ncc4C#N)n(C4CC4)c(=O)c23)cn1. The van der Waals surface area contributed by atoms with E-state index in [-0.39, 0.29) is 23.1 Å². The van der Waals surface area contributed by atoms with Crippen molar-refractivity contribution < 1.29 is 0 Å². The summed E-state index contributed by atoms with van der Waals surface area (Å²) in [5, 5.41) is 13.1. The Morgan fingerprint density at radius 2 is 1.94 bits per heavy atom. The Balaban J connectivity index is 1.66. The fourth-order valence-electron chi connectivity index (χ4n) is 3.88. The van der Waals surface area contributed by atoms with E-state index >= 15 is 0 Å². The van der Waals surface area contributed by atoms with Gasteiger partial charge < -0.3 is 11.1 Å². The maximum absolute atomic E-state index is 13.8. The summed E-state index contributed by atoms with van der Waals surface area (Å²) in [5.74, 6) is 1.60. The molecule has 1 aliphatic carbocycles. The minimum Gasteiger partial charge on any atom is -0.368 e. The van der Waals surface area contributed by atoms with Crippen molar-refractivity contribution in [2.24, 2.45) is 0 Å². The van der Waals surface area contributed by atoms with Gasteiger partial charge >= 0.3 is 0 Å². The minimum atomic E-state index is -0.407. The first-order chi connectivity index (χ1) is 16.0. The Morgan fingerprint density at radius 3 is 2.64 bits per heavy atom. The van der Waals surface area contributed by atoms with Gasteiger partial charge in [-0.3, -0.25) is 9.36 Å². The second-order valence-corrected chi connectivity index (χ2v) is 8.06. The fourth-order valence-corrected chi connectivity index (χ4v) is 3.88. The van der Waals surface area contributed by atoms with Gasteiger partial charge in [0.15, 0.2) is 0 Å². The topological polar surface area (TPSA) is 148 Å². The summed E-state index contributed by atoms with van der Waals surface area (Å²) in [6.07, 6.45) is 6.63. The quantitative estimate of drug-likeness (QED) is 0.478. The lowest BCUT2D eigenvalue weighted by Gasteiger charge is -2.21. The number of nitrogen functional groups attached to an aromatic ring is 1. The zero-order valence-corrected chi connectivity index (χ0v) is 18.1. The predicted octanol–water partition coefficient (Wildman–Crippen LogP) is 2.91. The highest BCUT2D eigenvalue weighted by molar-refractivity contribution is 5.93. The van der Waals surface area contributed by atoms with E-state index in [0.717, 1.165) is 24.0 Å². The molecule has 3 aromatic heterocycles. The van der Waals surface area contributed by atoms with Crippen molar-refractivity contribution in [3.8, 4) is 17.2 Å². The number of nitrogens with zero attached hydrogens (tertiary/aromatic N) is 7. The van der Waals surface area contributed by atoms with Gasteiger partial charge in [-0.25, -0.2) is 19.9 Å². The van der Waals surface area contributed by atoms with Gasteiger partial charge in [0.05, 0.1) is 23.1 Å². The molecule has 0 spiro atoms. The third-order valence-corrected chi connectivity index (χ3v) is 5.63. The van der Waals surface area contributed by atoms with E-state index in [9.17, 15) is 10.1 Å². The van der Waals surface area contributed by atoms with Crippen LogP contribution in [0.1, 0.15) is 49.1 Å². The Hall–Kier alpha value is -4.39. The van der Waals surface area contributed by atoms with Gasteiger partial charge in [-0.1, -0.05) is 12.1 Å². The number of fused-ring (bicyclic) bond motifs is 1. The maximum Gasteiger partial charge on any atom is 0.262 e. The van der Waals surface area contributed by atoms with Gasteiger partial charge in [0.2, 0.25) is 5.95 Å². The van der Waals surface area contributed by atoms with E-state index in [1.54, 1.807) is 17.0 Å². The molecular weight excluding hydrogens is 418 g/mol. The summed E-state index contributed by atoms with van der Waals surface area (Å²) in [6.45, 7) is 3.70. The number of rotatable bonds is 5. The molecule has 1 saturated carbocycles. The van der Waals surface area contributed by atoms with Crippen LogP contribution >= 0.6 is 0 Å². The number of anilines is 2. The van der Waals surface area contributed by atoms with E-state index < -0.39 is 6.04 Å². The van der Waals surface area contributed by atoms with Crippen molar-refractivity contribution in [1.82, 2.24) is 29.5 Å². The number of hydrogen-bond donors (Lipinski definition) is 2. The van der Waals surface area contributed by atoms with Gasteiger partial charge in [0.25, 0.3) is 5.56 Å². The number of nitrogens with one attached hydrogen (secondary N) is 1. The van der Waals surface area contributed by atoms with E-state index in [1.807, 2.05) is 32.0 Å². The molecule has 0 bridgehead atoms. The molecule has 10 nitrogen and oxygen atoms in total. The number of benzene rings is 1. The average Bonchev–Trinajstić information content (AvgIpc) is 3.64. The van der Waals surface area contributed by atoms with Crippen LogP contribution in [-0.2, 0) is 0 Å². The molecule has 10 heteroatoms. The normalized spacial score (nSPS) is 14.1. The molecule has 1 atom stereocenters. The highest BCUT2D eigenvalue weighted by Crippen LogP contribution is 2.37. The molecule has 0 radical (unpaired) electrons. The Morgan fingerprint density at radius 1 is 1.18 bits per heavy atom. The molecule has 1 fully saturated rings. The molecule has 33 heavy (non-hydrogen) atoms. The first kappa shape index (κ1) is 20.5. The molecule has 164 valence electrons. The summed E-state index contributed by atoms with van der Waals surface area (Å²) in [4.78, 5) is 35.2. The van der Waals surface area contributed by atoms with Crippen molar-refractivity contribution >= 4 is 22.7 Å². The van der Waals surface area contributed by atoms with Crippen LogP contribution in [0.3, 0.4) is 0 Å². The molecule has 0 saturated heterocycles. The zero-order valence-electron chi connectivity index (χ0n) is 18.1. The summed E-state index contributed by atoms with van der Waals surface area (Å²) in [5.41, 5.74) is 7.97. The van der Waals surface area contributed by atoms with Crippen LogP contribution < -0.4 is 16.6 Å². The van der Waals surface area contributed by atoms with Gasteiger partial charge in [0.1, 0.15) is 29.1 Å². The van der Waals surface area contributed by atoms with Crippen LogP contribution in [0.15, 0.2) is 41.6 Å². The van der Waals surface area contributed by atoms with Crippen LogP contribution in [-0.4, -0.2) is 29.5 Å². The second kappa shape index (κ2) is 7.94. The zero-order chi connectivity index (χ0) is 23.1. The number of aryl methyl sites for hydroxylation is 1. The van der Waals surface area contributed by atoms with Crippen molar-refractivity contribution in [3.63, 3.8) is 0 Å². The smallest absolute Gasteiger partial charge is 0.262 e. The fraction of sp³-hybridized carbons (Fsp3) is 0.261. The largest absolute Gasteiger partial charge is 0.368 e. The molecule has 0 unspecified atom stereocenters. The summed E-state index contributed by atoms with van der Waals surface area (Å²) < 4.78 is 1.76. The molecule has 3 N–H and O–H groups in total. The van der Waals surface area contributed by atoms with Gasteiger partial charge in [-0.15, -0.1) is 0 Å². The van der Waals surface area contributed by atoms with E-state index in [4.69, 9.17) is 10.7 Å². The number of hydrogen-bond acceptors (Lipinski definition) is 9. The maximum atomic E-state index is 13.8. The lowest BCUT2D eigenvalue weighted by atomic mass is 10.0. The third-order valence-electron chi connectivity index (χ3n) is 5.63. The summed E-state index contributed by atoms with van der Waals surface area (Å²) >= 11 is 0. The Kier molecular flexibility index (Phi) is 4.94. The lowest BCUT2D eigenvalue weighted by molar-refractivity contribution is 0.609. The van der Waals surface area contributed by atoms with Gasteiger partial charge in [-0.05, 0) is 38.3 Å². The first-order valence-corrected chi connectivity index (χ1v) is 10.6. The highest BCUT2D eigenvalue weighted by Gasteiger charge is 2.31. The Labute approximate surface area is 189 Å². The standard InChI is InChI=1S/C23H21N9O/c1-12(29-20-14(8-24)9-28-23(25)31-20)21-30-18-5-3-4-17(15-10-26-13(2)27-11-15)19(18)22(33)32(21)16-6-7-16/h3-5,9-12,16H,6-7H2,1-2H3,(H3,25,28,29,31)/t12-/m1/s1. The Bertz CT molecular complexity index is 1470. The van der Waals surface area contributed by atoms with Crippen LogP contribution in [0.5, 0.6) is 0 Å². The molecule has 4 aromatic rings. The van der Waals surface area contributed by atoms with Crippen molar-refractivity contribution in [2.45, 2.75) is 38.8 Å². The summed E-state index contributed by atoms with van der Waals surface area (Å²) in [6, 6.07) is 7.32. The molecule has 1 aliphatic rings. The second-order valence-electron chi connectivity index (χ2n) is 8.06. The molecule has 3 heterocycles. The third kappa shape index (κ3) is 3.74. The molecular formula is C23H21N9O. The number of nitriles is 1. The average molecular weight is 439 g/mol. The van der Waals surface area contributed by atoms with Crippen molar-refractivity contribution in [3.05, 3.63) is 64.4 Å². The molecule has 5 rings (SSSR count). The van der Waals surface area contributed by atoms with E-state index in [0.29, 0.717) is 28.4 Å².